The Morgan fingerprint density at radius 1 is 0.266 bits per heavy atom. The van der Waals surface area contributed by atoms with Crippen LogP contribution in [0.2, 0.25) is 0 Å². The van der Waals surface area contributed by atoms with Crippen LogP contribution in [0.15, 0.2) is 97.2 Å². The van der Waals surface area contributed by atoms with E-state index in [1.807, 2.05) is 0 Å². The van der Waals surface area contributed by atoms with Crippen LogP contribution in [0.3, 0.4) is 0 Å². The van der Waals surface area contributed by atoms with Gasteiger partial charge in [-0.15, -0.1) is 0 Å². The van der Waals surface area contributed by atoms with Gasteiger partial charge in [-0.3, -0.25) is 14.4 Å². The van der Waals surface area contributed by atoms with E-state index in [2.05, 4.69) is 118 Å². The summed E-state index contributed by atoms with van der Waals surface area (Å²) in [5, 5.41) is 0. The summed E-state index contributed by atoms with van der Waals surface area (Å²) < 4.78 is 16.9. The molecule has 0 aliphatic heterocycles. The van der Waals surface area contributed by atoms with E-state index in [0.29, 0.717) is 19.3 Å². The van der Waals surface area contributed by atoms with Crippen molar-refractivity contribution in [3.63, 3.8) is 0 Å². The Bertz CT molecular complexity index is 1540. The molecule has 0 N–H and O–H groups in total. The van der Waals surface area contributed by atoms with Crippen LogP contribution in [-0.4, -0.2) is 37.2 Å². The predicted octanol–water partition coefficient (Wildman–Crippen LogP) is 23.2. The molecule has 0 aromatic heterocycles. The van der Waals surface area contributed by atoms with E-state index in [1.165, 1.54) is 173 Å². The maximum Gasteiger partial charge on any atom is 0.306 e. The Kier molecular flexibility index (Phi) is 63.7. The van der Waals surface area contributed by atoms with Gasteiger partial charge in [0.05, 0.1) is 0 Å². The van der Waals surface area contributed by atoms with Gasteiger partial charge in [0, 0.05) is 19.3 Å². The summed E-state index contributed by atoms with van der Waals surface area (Å²) in [6, 6.07) is 0. The average molecular weight is 1100 g/mol. The van der Waals surface area contributed by atoms with E-state index in [9.17, 15) is 14.4 Å². The molecule has 0 fully saturated rings. The zero-order valence-electron chi connectivity index (χ0n) is 52.1. The third-order valence-corrected chi connectivity index (χ3v) is 14.6. The molecular weight excluding hydrogens is 973 g/mol. The Labute approximate surface area is 489 Å². The minimum atomic E-state index is -0.779. The van der Waals surface area contributed by atoms with E-state index in [0.717, 1.165) is 116 Å². The van der Waals surface area contributed by atoms with Crippen molar-refractivity contribution in [1.29, 1.82) is 0 Å². The molecule has 0 saturated heterocycles. The third kappa shape index (κ3) is 65.0. The van der Waals surface area contributed by atoms with Crippen molar-refractivity contribution < 1.29 is 28.6 Å². The number of esters is 3. The van der Waals surface area contributed by atoms with Crippen LogP contribution in [0.5, 0.6) is 0 Å². The number of hydrogen-bond donors (Lipinski definition) is 0. The number of carbonyl (C=O) groups excluding carboxylic acids is 3. The van der Waals surface area contributed by atoms with Gasteiger partial charge >= 0.3 is 17.9 Å². The molecular formula is C73H126O6. The van der Waals surface area contributed by atoms with Gasteiger partial charge < -0.3 is 14.2 Å². The molecule has 6 heteroatoms. The van der Waals surface area contributed by atoms with Gasteiger partial charge in [-0.25, -0.2) is 0 Å². The van der Waals surface area contributed by atoms with Crippen LogP contribution in [0.25, 0.3) is 0 Å². The smallest absolute Gasteiger partial charge is 0.306 e. The lowest BCUT2D eigenvalue weighted by atomic mass is 10.0. The molecule has 454 valence electrons. The van der Waals surface area contributed by atoms with Gasteiger partial charge in [-0.05, 0) is 103 Å². The van der Waals surface area contributed by atoms with Gasteiger partial charge in [0.15, 0.2) is 6.10 Å². The van der Waals surface area contributed by atoms with Gasteiger partial charge in [-0.1, -0.05) is 304 Å². The van der Waals surface area contributed by atoms with Gasteiger partial charge in [0.2, 0.25) is 0 Å². The number of rotatable bonds is 61. The van der Waals surface area contributed by atoms with Crippen LogP contribution in [0.1, 0.15) is 329 Å². The topological polar surface area (TPSA) is 78.9 Å². The van der Waals surface area contributed by atoms with Crippen molar-refractivity contribution in [2.75, 3.05) is 13.2 Å². The summed E-state index contributed by atoms with van der Waals surface area (Å²) in [5.74, 6) is -0.873. The van der Waals surface area contributed by atoms with Gasteiger partial charge in [0.1, 0.15) is 13.2 Å². The Morgan fingerprint density at radius 2 is 0.494 bits per heavy atom. The molecule has 0 aromatic carbocycles. The van der Waals surface area contributed by atoms with E-state index in [4.69, 9.17) is 14.2 Å². The molecule has 0 aliphatic rings. The largest absolute Gasteiger partial charge is 0.462 e. The van der Waals surface area contributed by atoms with Crippen molar-refractivity contribution in [3.05, 3.63) is 97.2 Å². The van der Waals surface area contributed by atoms with E-state index >= 15 is 0 Å². The molecule has 0 aliphatic carbocycles. The minimum absolute atomic E-state index is 0.0758. The van der Waals surface area contributed by atoms with Crippen LogP contribution in [-0.2, 0) is 28.6 Å². The molecule has 6 nitrogen and oxygen atoms in total. The van der Waals surface area contributed by atoms with Crippen molar-refractivity contribution in [3.8, 4) is 0 Å². The second-order valence-electron chi connectivity index (χ2n) is 22.4. The molecule has 0 heterocycles. The predicted molar refractivity (Wildman–Crippen MR) is 344 cm³/mol. The molecule has 0 bridgehead atoms. The first-order valence-corrected chi connectivity index (χ1v) is 33.7. The minimum Gasteiger partial charge on any atom is -0.462 e. The molecule has 0 rings (SSSR count). The maximum atomic E-state index is 12.9. The SMILES string of the molecule is CC/C=C\C/C=C\C/C=C\C/C=C\C/C=C\C/C=C\C/C=C\CCCCCCCCCCCCCCCC(=O)OCC(COC(=O)CCCCCCCCCCCCCCC)OC(=O)CCCCCCC/C=C\CCCCCC. The van der Waals surface area contributed by atoms with Crippen LogP contribution >= 0.6 is 0 Å². The lowest BCUT2D eigenvalue weighted by Crippen LogP contribution is -2.30. The Balaban J connectivity index is 4.13. The highest BCUT2D eigenvalue weighted by Gasteiger charge is 2.19. The third-order valence-electron chi connectivity index (χ3n) is 14.6. The van der Waals surface area contributed by atoms with Crippen LogP contribution in [0.4, 0.5) is 0 Å². The van der Waals surface area contributed by atoms with E-state index < -0.39 is 6.10 Å². The van der Waals surface area contributed by atoms with Crippen LogP contribution < -0.4 is 0 Å². The number of ether oxygens (including phenoxy) is 3. The number of unbranched alkanes of at least 4 members (excludes halogenated alkanes) is 34. The first-order valence-electron chi connectivity index (χ1n) is 33.7. The van der Waals surface area contributed by atoms with Gasteiger partial charge in [-0.2, -0.15) is 0 Å². The molecule has 0 radical (unpaired) electrons. The second kappa shape index (κ2) is 66.8. The number of hydrogen-bond acceptors (Lipinski definition) is 6. The highest BCUT2D eigenvalue weighted by Crippen LogP contribution is 2.17. The van der Waals surface area contributed by atoms with Crippen LogP contribution in [0, 0.1) is 0 Å². The molecule has 0 amide bonds. The lowest BCUT2D eigenvalue weighted by Gasteiger charge is -2.18. The van der Waals surface area contributed by atoms with Crippen molar-refractivity contribution >= 4 is 17.9 Å². The zero-order valence-corrected chi connectivity index (χ0v) is 52.1. The molecule has 1 atom stereocenters. The van der Waals surface area contributed by atoms with E-state index in [-0.39, 0.29) is 31.1 Å². The fraction of sp³-hybridized carbons (Fsp3) is 0.740. The summed E-state index contributed by atoms with van der Waals surface area (Å²) in [6.07, 6.45) is 90.0. The Hall–Kier alpha value is -3.67. The molecule has 1 unspecified atom stereocenters. The number of allylic oxidation sites excluding steroid dienone is 16. The quantitative estimate of drug-likeness (QED) is 0.0261. The lowest BCUT2D eigenvalue weighted by molar-refractivity contribution is -0.167. The summed E-state index contributed by atoms with van der Waals surface area (Å²) in [5.41, 5.74) is 0. The van der Waals surface area contributed by atoms with Crippen molar-refractivity contribution in [1.82, 2.24) is 0 Å². The summed E-state index contributed by atoms with van der Waals surface area (Å²) in [6.45, 7) is 6.53. The standard InChI is InChI=1S/C73H126O6/c1-4-7-10-13-16-19-22-25-26-27-28-29-30-31-32-33-34-35-36-37-38-39-40-41-42-43-44-45-46-49-51-54-57-60-63-66-72(75)78-69-70(79-73(76)67-64-61-58-55-52-48-24-21-18-15-12-9-6-3)68-77-71(74)65-62-59-56-53-50-47-23-20-17-14-11-8-5-2/h7,10,16,19,21,24-26,28-29,31-32,34-35,37-38,70H,4-6,8-9,11-15,17-18,20,22-23,27,30,33,36,39-69H2,1-3H3/b10-7-,19-16-,24-21-,26-25-,29-28-,32-31-,35-34-,38-37-. The number of carbonyl (C=O) groups is 3. The van der Waals surface area contributed by atoms with Gasteiger partial charge in [0.25, 0.3) is 0 Å². The molecule has 0 spiro atoms. The maximum absolute atomic E-state index is 12.9. The summed E-state index contributed by atoms with van der Waals surface area (Å²) in [4.78, 5) is 38.2. The average Bonchev–Trinajstić information content (AvgIpc) is 3.45. The first kappa shape index (κ1) is 75.3. The second-order valence-corrected chi connectivity index (χ2v) is 22.4. The van der Waals surface area contributed by atoms with Crippen molar-refractivity contribution in [2.24, 2.45) is 0 Å². The molecule has 79 heavy (non-hydrogen) atoms. The molecule has 0 saturated carbocycles. The normalized spacial score (nSPS) is 12.7. The highest BCUT2D eigenvalue weighted by atomic mass is 16.6. The fourth-order valence-corrected chi connectivity index (χ4v) is 9.54. The summed E-state index contributed by atoms with van der Waals surface area (Å²) >= 11 is 0. The van der Waals surface area contributed by atoms with Crippen molar-refractivity contribution in [2.45, 2.75) is 335 Å². The molecule has 0 aromatic rings. The first-order chi connectivity index (χ1) is 39.0. The summed E-state index contributed by atoms with van der Waals surface area (Å²) in [7, 11) is 0. The monoisotopic (exact) mass is 1100 g/mol. The van der Waals surface area contributed by atoms with E-state index in [1.54, 1.807) is 0 Å². The highest BCUT2D eigenvalue weighted by molar-refractivity contribution is 5.71. The fourth-order valence-electron chi connectivity index (χ4n) is 9.54. The Morgan fingerprint density at radius 3 is 0.797 bits per heavy atom. The zero-order chi connectivity index (χ0) is 57.1.